The number of carbonyl (C=O) groups excluding carboxylic acids is 2. The van der Waals surface area contributed by atoms with Crippen molar-refractivity contribution in [3.8, 4) is 11.5 Å². The van der Waals surface area contributed by atoms with E-state index >= 15 is 0 Å². The summed E-state index contributed by atoms with van der Waals surface area (Å²) in [5.41, 5.74) is -0.400. The van der Waals surface area contributed by atoms with Crippen molar-refractivity contribution in [2.75, 3.05) is 30.0 Å². The molecule has 2 aromatic carbocycles. The van der Waals surface area contributed by atoms with Gasteiger partial charge in [-0.25, -0.2) is 4.39 Å². The minimum atomic E-state index is -4.64. The largest absolute Gasteiger partial charge is 0.482 e. The van der Waals surface area contributed by atoms with Gasteiger partial charge in [0, 0.05) is 23.9 Å². The number of ether oxygens (including phenoxy) is 2. The number of nitro groups is 1. The number of non-ortho nitro benzene ring substituents is 1. The maximum atomic E-state index is 13.9. The van der Waals surface area contributed by atoms with Crippen LogP contribution in [0.25, 0.3) is 0 Å². The number of fused-ring (bicyclic) bond motifs is 1. The fourth-order valence-corrected chi connectivity index (χ4v) is 2.68. The number of alkyl halides is 3. The number of rotatable bonds is 6. The molecule has 2 aromatic rings. The summed E-state index contributed by atoms with van der Waals surface area (Å²) in [6.07, 6.45) is -4.64. The Bertz CT molecular complexity index is 1040. The maximum Gasteiger partial charge on any atom is 0.422 e. The first kappa shape index (κ1) is 21.8. The van der Waals surface area contributed by atoms with E-state index < -0.39 is 54.2 Å². The Morgan fingerprint density at radius 2 is 2.00 bits per heavy atom. The van der Waals surface area contributed by atoms with E-state index in [4.69, 9.17) is 4.74 Å². The predicted molar refractivity (Wildman–Crippen MR) is 97.5 cm³/mol. The third-order valence-electron chi connectivity index (χ3n) is 4.01. The number of hydrogen-bond acceptors (Lipinski definition) is 6. The molecule has 0 aliphatic carbocycles. The minimum absolute atomic E-state index is 0.0164. The number of carbonyl (C=O) groups is 2. The first-order valence-corrected chi connectivity index (χ1v) is 8.54. The fourth-order valence-electron chi connectivity index (χ4n) is 2.68. The van der Waals surface area contributed by atoms with Crippen LogP contribution in [0.2, 0.25) is 0 Å². The molecule has 0 unspecified atom stereocenters. The third-order valence-corrected chi connectivity index (χ3v) is 4.01. The molecule has 3 rings (SSSR count). The Balaban J connectivity index is 1.71. The molecule has 0 atom stereocenters. The molecular formula is C18H13F4N3O6. The van der Waals surface area contributed by atoms with Gasteiger partial charge in [-0.2, -0.15) is 13.2 Å². The normalized spacial score (nSPS) is 13.3. The van der Waals surface area contributed by atoms with Crippen LogP contribution in [0.1, 0.15) is 0 Å². The van der Waals surface area contributed by atoms with E-state index in [0.29, 0.717) is 0 Å². The third kappa shape index (κ3) is 5.38. The summed E-state index contributed by atoms with van der Waals surface area (Å²) in [6, 6.07) is 6.33. The van der Waals surface area contributed by atoms with Gasteiger partial charge in [-0.05, 0) is 18.2 Å². The molecule has 0 aromatic heterocycles. The number of nitrogens with zero attached hydrogens (tertiary/aromatic N) is 2. The molecule has 1 aliphatic heterocycles. The van der Waals surface area contributed by atoms with Crippen molar-refractivity contribution in [2.45, 2.75) is 6.18 Å². The van der Waals surface area contributed by atoms with Crippen LogP contribution in [0.4, 0.5) is 34.6 Å². The lowest BCUT2D eigenvalue weighted by Crippen LogP contribution is -2.43. The summed E-state index contributed by atoms with van der Waals surface area (Å²) in [5.74, 6) is -3.04. The predicted octanol–water partition coefficient (Wildman–Crippen LogP) is 3.04. The highest BCUT2D eigenvalue weighted by atomic mass is 19.4. The van der Waals surface area contributed by atoms with Gasteiger partial charge in [-0.1, -0.05) is 0 Å². The van der Waals surface area contributed by atoms with E-state index in [1.165, 1.54) is 12.1 Å². The highest BCUT2D eigenvalue weighted by Gasteiger charge is 2.30. The molecule has 2 amide bonds. The van der Waals surface area contributed by atoms with Gasteiger partial charge >= 0.3 is 6.18 Å². The number of nitro benzene ring substituents is 1. The Kier molecular flexibility index (Phi) is 5.95. The number of nitrogens with one attached hydrogen (secondary N) is 1. The molecule has 9 nitrogen and oxygen atoms in total. The van der Waals surface area contributed by atoms with Crippen LogP contribution in [-0.4, -0.2) is 42.7 Å². The molecule has 31 heavy (non-hydrogen) atoms. The minimum Gasteiger partial charge on any atom is -0.482 e. The molecule has 0 spiro atoms. The van der Waals surface area contributed by atoms with Crippen molar-refractivity contribution in [3.63, 3.8) is 0 Å². The van der Waals surface area contributed by atoms with Crippen LogP contribution in [0, 0.1) is 15.9 Å². The van der Waals surface area contributed by atoms with Crippen LogP contribution in [-0.2, 0) is 9.59 Å². The molecule has 13 heteroatoms. The van der Waals surface area contributed by atoms with Crippen molar-refractivity contribution in [2.24, 2.45) is 0 Å². The average molecular weight is 443 g/mol. The van der Waals surface area contributed by atoms with E-state index in [1.807, 2.05) is 0 Å². The van der Waals surface area contributed by atoms with Crippen molar-refractivity contribution in [3.05, 3.63) is 52.3 Å². The average Bonchev–Trinajstić information content (AvgIpc) is 2.68. The molecule has 0 fully saturated rings. The Morgan fingerprint density at radius 1 is 1.26 bits per heavy atom. The smallest absolute Gasteiger partial charge is 0.422 e. The lowest BCUT2D eigenvalue weighted by molar-refractivity contribution is -0.384. The standard InChI is InChI=1S/C18H13F4N3O6/c19-12-5-10(1-3-14(12)31-9-18(20,21)22)23-16(26)7-24-13-6-11(25(28)29)2-4-15(13)30-8-17(24)27/h1-6H,7-9H2,(H,23,26). The van der Waals surface area contributed by atoms with Crippen LogP contribution < -0.4 is 19.7 Å². The molecule has 0 bridgehead atoms. The number of amides is 2. The molecular weight excluding hydrogens is 430 g/mol. The van der Waals surface area contributed by atoms with Crippen LogP contribution in [0.3, 0.4) is 0 Å². The molecule has 0 saturated carbocycles. The maximum absolute atomic E-state index is 13.9. The van der Waals surface area contributed by atoms with E-state index in [2.05, 4.69) is 10.1 Å². The summed E-state index contributed by atoms with van der Waals surface area (Å²) in [5, 5.41) is 13.3. The van der Waals surface area contributed by atoms with Crippen molar-refractivity contribution >= 4 is 28.9 Å². The second-order valence-electron chi connectivity index (χ2n) is 6.27. The van der Waals surface area contributed by atoms with Crippen molar-refractivity contribution < 1.29 is 41.5 Å². The molecule has 1 heterocycles. The lowest BCUT2D eigenvalue weighted by Gasteiger charge is -2.28. The zero-order chi connectivity index (χ0) is 22.8. The number of halogens is 4. The van der Waals surface area contributed by atoms with E-state index in [0.717, 1.165) is 29.2 Å². The zero-order valence-corrected chi connectivity index (χ0v) is 15.4. The fraction of sp³-hybridized carbons (Fsp3) is 0.222. The number of anilines is 2. The van der Waals surface area contributed by atoms with E-state index in [-0.39, 0.29) is 22.8 Å². The SMILES string of the molecule is O=C(CN1C(=O)COc2ccc([N+](=O)[O-])cc21)Nc1ccc(OCC(F)(F)F)c(F)c1. The van der Waals surface area contributed by atoms with Gasteiger partial charge in [0.05, 0.1) is 10.6 Å². The highest BCUT2D eigenvalue weighted by Crippen LogP contribution is 2.35. The second kappa shape index (κ2) is 8.45. The summed E-state index contributed by atoms with van der Waals surface area (Å²) in [7, 11) is 0. The van der Waals surface area contributed by atoms with E-state index in [9.17, 15) is 37.3 Å². The van der Waals surface area contributed by atoms with Crippen LogP contribution >= 0.6 is 0 Å². The van der Waals surface area contributed by atoms with Crippen molar-refractivity contribution in [1.29, 1.82) is 0 Å². The molecule has 0 saturated heterocycles. The molecule has 164 valence electrons. The zero-order valence-electron chi connectivity index (χ0n) is 15.4. The summed E-state index contributed by atoms with van der Waals surface area (Å²) >= 11 is 0. The summed E-state index contributed by atoms with van der Waals surface area (Å²) in [4.78, 5) is 35.8. The Labute approximate surface area is 171 Å². The van der Waals surface area contributed by atoms with Gasteiger partial charge in [-0.15, -0.1) is 0 Å². The lowest BCUT2D eigenvalue weighted by atomic mass is 10.2. The molecule has 1 N–H and O–H groups in total. The Hall–Kier alpha value is -3.90. The van der Waals surface area contributed by atoms with Gasteiger partial charge < -0.3 is 14.8 Å². The van der Waals surface area contributed by atoms with Crippen LogP contribution in [0.5, 0.6) is 11.5 Å². The molecule has 1 aliphatic rings. The van der Waals surface area contributed by atoms with Crippen molar-refractivity contribution in [1.82, 2.24) is 0 Å². The van der Waals surface area contributed by atoms with Gasteiger partial charge in [0.25, 0.3) is 11.6 Å². The Morgan fingerprint density at radius 3 is 2.65 bits per heavy atom. The highest BCUT2D eigenvalue weighted by molar-refractivity contribution is 6.05. The molecule has 0 radical (unpaired) electrons. The monoisotopic (exact) mass is 443 g/mol. The van der Waals surface area contributed by atoms with Gasteiger partial charge in [0.15, 0.2) is 24.8 Å². The number of benzene rings is 2. The van der Waals surface area contributed by atoms with E-state index in [1.54, 1.807) is 0 Å². The van der Waals surface area contributed by atoms with Gasteiger partial charge in [0.2, 0.25) is 5.91 Å². The summed E-state index contributed by atoms with van der Waals surface area (Å²) in [6.45, 7) is -2.64. The first-order valence-electron chi connectivity index (χ1n) is 8.54. The first-order chi connectivity index (χ1) is 14.5. The quantitative estimate of drug-likeness (QED) is 0.418. The van der Waals surface area contributed by atoms with Gasteiger partial charge in [-0.3, -0.25) is 24.6 Å². The topological polar surface area (TPSA) is 111 Å². The summed E-state index contributed by atoms with van der Waals surface area (Å²) < 4.78 is 60.0. The second-order valence-corrected chi connectivity index (χ2v) is 6.27. The van der Waals surface area contributed by atoms with Gasteiger partial charge in [0.1, 0.15) is 12.3 Å². The number of hydrogen-bond donors (Lipinski definition) is 1. The van der Waals surface area contributed by atoms with Crippen LogP contribution in [0.15, 0.2) is 36.4 Å².